The summed E-state index contributed by atoms with van der Waals surface area (Å²) in [6.45, 7) is 5.78. The number of amides is 2. The molecule has 0 unspecified atom stereocenters. The first-order chi connectivity index (χ1) is 12.1. The van der Waals surface area contributed by atoms with Crippen LogP contribution in [0.15, 0.2) is 41.2 Å². The van der Waals surface area contributed by atoms with Crippen LogP contribution in [0.3, 0.4) is 0 Å². The lowest BCUT2D eigenvalue weighted by Crippen LogP contribution is -2.31. The van der Waals surface area contributed by atoms with Crippen molar-refractivity contribution < 1.29 is 9.59 Å². The smallest absolute Gasteiger partial charge is 0.267 e. The number of carbonyl (C=O) groups excluding carboxylic acids is 2. The van der Waals surface area contributed by atoms with E-state index in [2.05, 4.69) is 10.4 Å². The van der Waals surface area contributed by atoms with E-state index in [0.717, 1.165) is 10.4 Å². The molecule has 1 N–H and O–H groups in total. The minimum Gasteiger partial charge on any atom is -0.345 e. The van der Waals surface area contributed by atoms with Crippen molar-refractivity contribution in [3.8, 4) is 0 Å². The van der Waals surface area contributed by atoms with E-state index >= 15 is 0 Å². The van der Waals surface area contributed by atoms with Crippen molar-refractivity contribution >= 4 is 17.5 Å². The summed E-state index contributed by atoms with van der Waals surface area (Å²) in [4.78, 5) is 37.5. The second-order valence-electron chi connectivity index (χ2n) is 7.29. The first-order valence-electron chi connectivity index (χ1n) is 8.28. The van der Waals surface area contributed by atoms with Gasteiger partial charge in [0, 0.05) is 36.8 Å². The molecule has 2 aromatic rings. The fourth-order valence-corrected chi connectivity index (χ4v) is 2.25. The Kier molecular flexibility index (Phi) is 5.59. The van der Waals surface area contributed by atoms with Gasteiger partial charge in [0.1, 0.15) is 6.54 Å². The fraction of sp³-hybridized carbons (Fsp3) is 0.368. The molecule has 2 amide bonds. The SMILES string of the molecule is CN(C)C(=O)c1ccc(NC(=O)Cn2nc(C(C)(C)C)ccc2=O)cc1. The maximum Gasteiger partial charge on any atom is 0.267 e. The van der Waals surface area contributed by atoms with Crippen molar-refractivity contribution in [2.45, 2.75) is 32.7 Å². The van der Waals surface area contributed by atoms with Crippen LogP contribution >= 0.6 is 0 Å². The van der Waals surface area contributed by atoms with Gasteiger partial charge in [-0.3, -0.25) is 14.4 Å². The number of nitrogens with one attached hydrogen (secondary N) is 1. The van der Waals surface area contributed by atoms with E-state index in [9.17, 15) is 14.4 Å². The molecule has 26 heavy (non-hydrogen) atoms. The normalized spacial score (nSPS) is 11.1. The van der Waals surface area contributed by atoms with Crippen LogP contribution in [0.1, 0.15) is 36.8 Å². The van der Waals surface area contributed by atoms with Crippen molar-refractivity contribution in [3.63, 3.8) is 0 Å². The predicted molar refractivity (Wildman–Crippen MR) is 100 cm³/mol. The maximum atomic E-state index is 12.2. The Hall–Kier alpha value is -2.96. The summed E-state index contributed by atoms with van der Waals surface area (Å²) in [6, 6.07) is 9.68. The van der Waals surface area contributed by atoms with E-state index in [1.807, 2.05) is 20.8 Å². The molecule has 7 nitrogen and oxygen atoms in total. The molecular formula is C19H24N4O3. The summed E-state index contributed by atoms with van der Waals surface area (Å²) < 4.78 is 1.15. The van der Waals surface area contributed by atoms with Crippen molar-refractivity contribution in [1.82, 2.24) is 14.7 Å². The standard InChI is InChI=1S/C19H24N4O3/c1-19(2,3)15-10-11-17(25)23(21-15)12-16(24)20-14-8-6-13(7-9-14)18(26)22(4)5/h6-11H,12H2,1-5H3,(H,20,24). The average molecular weight is 356 g/mol. The number of aromatic nitrogens is 2. The summed E-state index contributed by atoms with van der Waals surface area (Å²) >= 11 is 0. The molecule has 0 spiro atoms. The zero-order chi connectivity index (χ0) is 19.5. The second kappa shape index (κ2) is 7.51. The number of anilines is 1. The van der Waals surface area contributed by atoms with Gasteiger partial charge in [-0.1, -0.05) is 20.8 Å². The summed E-state index contributed by atoms with van der Waals surface area (Å²) in [5, 5.41) is 6.98. The second-order valence-corrected chi connectivity index (χ2v) is 7.29. The first-order valence-corrected chi connectivity index (χ1v) is 8.28. The molecule has 138 valence electrons. The Morgan fingerprint density at radius 1 is 1.08 bits per heavy atom. The number of carbonyl (C=O) groups is 2. The molecule has 7 heteroatoms. The molecular weight excluding hydrogens is 332 g/mol. The highest BCUT2D eigenvalue weighted by Crippen LogP contribution is 2.18. The molecule has 0 saturated heterocycles. The Morgan fingerprint density at radius 2 is 1.69 bits per heavy atom. The molecule has 2 rings (SSSR count). The Morgan fingerprint density at radius 3 is 2.23 bits per heavy atom. The van der Waals surface area contributed by atoms with E-state index in [-0.39, 0.29) is 29.3 Å². The third-order valence-corrected chi connectivity index (χ3v) is 3.75. The van der Waals surface area contributed by atoms with E-state index < -0.39 is 0 Å². The zero-order valence-electron chi connectivity index (χ0n) is 15.7. The van der Waals surface area contributed by atoms with Gasteiger partial charge in [-0.2, -0.15) is 5.10 Å². The third kappa shape index (κ3) is 4.78. The van der Waals surface area contributed by atoms with Gasteiger partial charge in [0.15, 0.2) is 0 Å². The van der Waals surface area contributed by atoms with Gasteiger partial charge in [0.25, 0.3) is 11.5 Å². The van der Waals surface area contributed by atoms with E-state index in [1.165, 1.54) is 11.0 Å². The Labute approximate surface area is 152 Å². The fourth-order valence-electron chi connectivity index (χ4n) is 2.25. The molecule has 1 heterocycles. The van der Waals surface area contributed by atoms with E-state index in [0.29, 0.717) is 11.3 Å². The van der Waals surface area contributed by atoms with Crippen molar-refractivity contribution in [3.05, 3.63) is 58.0 Å². The van der Waals surface area contributed by atoms with Crippen LogP contribution in [0.5, 0.6) is 0 Å². The summed E-state index contributed by atoms with van der Waals surface area (Å²) in [5.74, 6) is -0.477. The number of rotatable bonds is 4. The van der Waals surface area contributed by atoms with Gasteiger partial charge >= 0.3 is 0 Å². The average Bonchev–Trinajstić information content (AvgIpc) is 2.55. The van der Waals surface area contributed by atoms with E-state index in [1.54, 1.807) is 44.4 Å². The number of hydrogen-bond acceptors (Lipinski definition) is 4. The topological polar surface area (TPSA) is 84.3 Å². The van der Waals surface area contributed by atoms with Gasteiger partial charge in [0.05, 0.1) is 5.69 Å². The predicted octanol–water partition coefficient (Wildman–Crippen LogP) is 1.88. The highest BCUT2D eigenvalue weighted by atomic mass is 16.2. The van der Waals surface area contributed by atoms with Crippen LogP contribution in [0, 0.1) is 0 Å². The molecule has 0 saturated carbocycles. The number of benzene rings is 1. The molecule has 0 atom stereocenters. The third-order valence-electron chi connectivity index (χ3n) is 3.75. The van der Waals surface area contributed by atoms with Crippen LogP contribution < -0.4 is 10.9 Å². The highest BCUT2D eigenvalue weighted by Gasteiger charge is 2.17. The number of hydrogen-bond donors (Lipinski definition) is 1. The van der Waals surface area contributed by atoms with Gasteiger partial charge in [-0.15, -0.1) is 0 Å². The van der Waals surface area contributed by atoms with Gasteiger partial charge in [-0.05, 0) is 30.3 Å². The molecule has 0 aliphatic heterocycles. The summed E-state index contributed by atoms with van der Waals surface area (Å²) in [7, 11) is 3.35. The van der Waals surface area contributed by atoms with Crippen molar-refractivity contribution in [2.75, 3.05) is 19.4 Å². The van der Waals surface area contributed by atoms with Crippen LogP contribution in [-0.4, -0.2) is 40.6 Å². The molecule has 0 aliphatic rings. The van der Waals surface area contributed by atoms with E-state index in [4.69, 9.17) is 0 Å². The van der Waals surface area contributed by atoms with Crippen LogP contribution in [-0.2, 0) is 16.8 Å². The molecule has 0 fully saturated rings. The summed E-state index contributed by atoms with van der Waals surface area (Å²) in [5.41, 5.74) is 1.26. The van der Waals surface area contributed by atoms with Gasteiger partial charge in [0.2, 0.25) is 5.91 Å². The molecule has 0 radical (unpaired) electrons. The molecule has 0 bridgehead atoms. The highest BCUT2D eigenvalue weighted by molar-refractivity contribution is 5.95. The molecule has 0 aliphatic carbocycles. The van der Waals surface area contributed by atoms with Crippen LogP contribution in [0.4, 0.5) is 5.69 Å². The molecule has 1 aromatic heterocycles. The maximum absolute atomic E-state index is 12.2. The quantitative estimate of drug-likeness (QED) is 0.906. The number of nitrogens with zero attached hydrogens (tertiary/aromatic N) is 3. The van der Waals surface area contributed by atoms with Crippen LogP contribution in [0.25, 0.3) is 0 Å². The lowest BCUT2D eigenvalue weighted by molar-refractivity contribution is -0.117. The van der Waals surface area contributed by atoms with Crippen molar-refractivity contribution in [2.24, 2.45) is 0 Å². The lowest BCUT2D eigenvalue weighted by atomic mass is 9.92. The van der Waals surface area contributed by atoms with Gasteiger partial charge in [-0.25, -0.2) is 4.68 Å². The Bertz CT molecular complexity index is 862. The first kappa shape index (κ1) is 19.4. The monoisotopic (exact) mass is 356 g/mol. The minimum absolute atomic E-state index is 0.113. The minimum atomic E-state index is -0.364. The largest absolute Gasteiger partial charge is 0.345 e. The van der Waals surface area contributed by atoms with Crippen LogP contribution in [0.2, 0.25) is 0 Å². The molecule has 1 aromatic carbocycles. The zero-order valence-corrected chi connectivity index (χ0v) is 15.7. The van der Waals surface area contributed by atoms with Crippen molar-refractivity contribution in [1.29, 1.82) is 0 Å². The van der Waals surface area contributed by atoms with Gasteiger partial charge < -0.3 is 10.2 Å². The summed E-state index contributed by atoms with van der Waals surface area (Å²) in [6.07, 6.45) is 0. The lowest BCUT2D eigenvalue weighted by Gasteiger charge is -2.18. The Balaban J connectivity index is 2.10.